The normalized spacial score (nSPS) is 32.4. The van der Waals surface area contributed by atoms with Gasteiger partial charge in [0.1, 0.15) is 0 Å². The van der Waals surface area contributed by atoms with Gasteiger partial charge in [0, 0.05) is 97.9 Å². The quantitative estimate of drug-likeness (QED) is 0.200. The van der Waals surface area contributed by atoms with Crippen LogP contribution in [0.1, 0.15) is 118 Å². The average Bonchev–Trinajstić information content (AvgIpc) is 3.54. The Balaban J connectivity index is 0.702. The van der Waals surface area contributed by atoms with Gasteiger partial charge in [-0.3, -0.25) is 19.3 Å². The van der Waals surface area contributed by atoms with Crippen LogP contribution in [0.4, 0.5) is 0 Å². The molecular formula is C45H62ClN5O5S. The fourth-order valence-corrected chi connectivity index (χ4v) is 13.6. The van der Waals surface area contributed by atoms with Gasteiger partial charge in [0.05, 0.1) is 5.02 Å². The average molecular weight is 821 g/mol. The zero-order valence-corrected chi connectivity index (χ0v) is 35.9. The van der Waals surface area contributed by atoms with Crippen molar-refractivity contribution in [2.75, 3.05) is 39.0 Å². The number of amides is 2. The standard InChI is InChI=1S/C45H62ClN5O5S/c1-26-13-38(57-4)36(43(54)48-26)22-47-42(53)35-17-37(46)41-40(27(35)2)55-44(3,56-41)32-5-7-33(8-6-32)49-34-24-50(25-34)23-28-9-11-51(12-10-28)39(52)21-45-18-29-14-30(19-45)16-31(15-29)20-45/h13,17,28-34,49H,5-12,14-16,18-25H2,1-4H3,(H,47,53)(H,48,54). The number of benzene rings is 1. The van der Waals surface area contributed by atoms with Crippen molar-refractivity contribution in [3.05, 3.63) is 49.9 Å². The van der Waals surface area contributed by atoms with E-state index in [9.17, 15) is 14.4 Å². The van der Waals surface area contributed by atoms with Gasteiger partial charge < -0.3 is 30.0 Å². The van der Waals surface area contributed by atoms with Gasteiger partial charge in [-0.25, -0.2) is 0 Å². The number of aromatic nitrogens is 1. The van der Waals surface area contributed by atoms with Crippen molar-refractivity contribution >= 4 is 35.2 Å². The first-order chi connectivity index (χ1) is 27.4. The van der Waals surface area contributed by atoms with Gasteiger partial charge in [0.25, 0.3) is 17.3 Å². The van der Waals surface area contributed by atoms with E-state index in [-0.39, 0.29) is 23.9 Å². The van der Waals surface area contributed by atoms with Crippen molar-refractivity contribution in [1.82, 2.24) is 25.4 Å². The van der Waals surface area contributed by atoms with E-state index in [0.29, 0.717) is 62.5 Å². The largest absolute Gasteiger partial charge is 0.448 e. The molecule has 10 rings (SSSR count). The molecule has 1 aromatic heterocycles. The van der Waals surface area contributed by atoms with Gasteiger partial charge in [0.15, 0.2) is 11.5 Å². The fraction of sp³-hybridized carbons (Fsp3) is 0.711. The van der Waals surface area contributed by atoms with Crippen LogP contribution in [0.25, 0.3) is 0 Å². The van der Waals surface area contributed by atoms with Crippen LogP contribution in [-0.4, -0.2) is 83.4 Å². The van der Waals surface area contributed by atoms with Crippen LogP contribution in [0.5, 0.6) is 11.5 Å². The highest BCUT2D eigenvalue weighted by atomic mass is 35.5. The summed E-state index contributed by atoms with van der Waals surface area (Å²) in [4.78, 5) is 48.1. The number of likely N-dealkylation sites (tertiary alicyclic amines) is 2. The molecule has 1 atom stereocenters. The molecule has 4 heterocycles. The molecule has 310 valence electrons. The number of hydrogen-bond donors (Lipinski definition) is 3. The molecule has 10 nitrogen and oxygen atoms in total. The van der Waals surface area contributed by atoms with Crippen molar-refractivity contribution in [1.29, 1.82) is 0 Å². The molecule has 0 radical (unpaired) electrons. The summed E-state index contributed by atoms with van der Waals surface area (Å²) in [5.41, 5.74) is 2.54. The number of hydrogen-bond acceptors (Lipinski definition) is 8. The van der Waals surface area contributed by atoms with Gasteiger partial charge in [-0.1, -0.05) is 11.6 Å². The molecule has 3 aliphatic heterocycles. The van der Waals surface area contributed by atoms with E-state index in [4.69, 9.17) is 21.1 Å². The molecular weight excluding hydrogens is 758 g/mol. The molecule has 3 N–H and O–H groups in total. The van der Waals surface area contributed by atoms with E-state index in [0.717, 1.165) is 106 Å². The van der Waals surface area contributed by atoms with Gasteiger partial charge in [0.2, 0.25) is 5.91 Å². The Kier molecular flexibility index (Phi) is 10.9. The van der Waals surface area contributed by atoms with Gasteiger partial charge >= 0.3 is 0 Å². The summed E-state index contributed by atoms with van der Waals surface area (Å²) >= 11 is 8.22. The lowest BCUT2D eigenvalue weighted by molar-refractivity contribution is -0.141. The van der Waals surface area contributed by atoms with E-state index in [1.54, 1.807) is 6.07 Å². The Hall–Kier alpha value is -2.73. The Morgan fingerprint density at radius 2 is 1.58 bits per heavy atom. The number of ether oxygens (including phenoxy) is 2. The third kappa shape index (κ3) is 8.00. The summed E-state index contributed by atoms with van der Waals surface area (Å²) in [7, 11) is 0. The summed E-state index contributed by atoms with van der Waals surface area (Å²) in [5.74, 6) is 3.91. The highest BCUT2D eigenvalue weighted by Crippen LogP contribution is 2.61. The number of aromatic amines is 1. The van der Waals surface area contributed by atoms with Gasteiger partial charge in [-0.2, -0.15) is 0 Å². The van der Waals surface area contributed by atoms with Crippen LogP contribution in [0, 0.1) is 48.9 Å². The predicted molar refractivity (Wildman–Crippen MR) is 224 cm³/mol. The first kappa shape index (κ1) is 39.7. The molecule has 1 aromatic carbocycles. The summed E-state index contributed by atoms with van der Waals surface area (Å²) < 4.78 is 13.1. The maximum absolute atomic E-state index is 13.5. The maximum Gasteiger partial charge on any atom is 0.254 e. The Morgan fingerprint density at radius 3 is 2.23 bits per heavy atom. The number of nitrogens with one attached hydrogen (secondary N) is 3. The molecule has 0 spiro atoms. The van der Waals surface area contributed by atoms with E-state index in [2.05, 4.69) is 25.4 Å². The van der Waals surface area contributed by atoms with Crippen molar-refractivity contribution < 1.29 is 19.1 Å². The minimum absolute atomic E-state index is 0.105. The van der Waals surface area contributed by atoms with Crippen molar-refractivity contribution in [3.8, 4) is 11.5 Å². The summed E-state index contributed by atoms with van der Waals surface area (Å²) in [6.07, 6.45) is 17.4. The van der Waals surface area contributed by atoms with Gasteiger partial charge in [-0.15, -0.1) is 11.8 Å². The first-order valence-electron chi connectivity index (χ1n) is 21.9. The van der Waals surface area contributed by atoms with Crippen LogP contribution in [0.3, 0.4) is 0 Å². The molecule has 7 fully saturated rings. The van der Waals surface area contributed by atoms with E-state index in [1.165, 1.54) is 50.3 Å². The molecule has 57 heavy (non-hydrogen) atoms. The Labute approximate surface area is 347 Å². The molecule has 12 heteroatoms. The third-order valence-electron chi connectivity index (χ3n) is 15.2. The fourth-order valence-electron chi connectivity index (χ4n) is 12.7. The minimum atomic E-state index is -0.860. The number of piperidine rings is 1. The number of pyridine rings is 1. The van der Waals surface area contributed by atoms with Crippen molar-refractivity contribution in [2.24, 2.45) is 35.0 Å². The third-order valence-corrected chi connectivity index (χ3v) is 16.3. The lowest BCUT2D eigenvalue weighted by Crippen LogP contribution is -2.61. The summed E-state index contributed by atoms with van der Waals surface area (Å²) in [6.45, 7) is 11.1. The van der Waals surface area contributed by atoms with Crippen LogP contribution >= 0.6 is 23.4 Å². The Morgan fingerprint density at radius 1 is 0.930 bits per heavy atom. The van der Waals surface area contributed by atoms with Crippen LogP contribution in [0.2, 0.25) is 5.02 Å². The lowest BCUT2D eigenvalue weighted by atomic mass is 9.49. The number of rotatable bonds is 11. The van der Waals surface area contributed by atoms with Crippen molar-refractivity contribution in [2.45, 2.75) is 134 Å². The molecule has 8 aliphatic rings. The second kappa shape index (κ2) is 15.7. The summed E-state index contributed by atoms with van der Waals surface area (Å²) in [6, 6.07) is 4.58. The molecule has 5 aliphatic carbocycles. The number of carbonyl (C=O) groups is 2. The second-order valence-corrected chi connectivity index (χ2v) is 20.7. The first-order valence-corrected chi connectivity index (χ1v) is 23.5. The zero-order chi connectivity index (χ0) is 39.6. The molecule has 4 bridgehead atoms. The minimum Gasteiger partial charge on any atom is -0.448 e. The van der Waals surface area contributed by atoms with E-state index < -0.39 is 5.79 Å². The number of aryl methyl sites for hydroxylation is 1. The summed E-state index contributed by atoms with van der Waals surface area (Å²) in [5, 5.41) is 7.22. The topological polar surface area (TPSA) is 116 Å². The second-order valence-electron chi connectivity index (χ2n) is 19.5. The monoisotopic (exact) mass is 819 g/mol. The number of fused-ring (bicyclic) bond motifs is 1. The van der Waals surface area contributed by atoms with Gasteiger partial charge in [-0.05, 0) is 138 Å². The number of H-pyrrole nitrogens is 1. The molecule has 2 aromatic rings. The van der Waals surface area contributed by atoms with Crippen LogP contribution in [0.15, 0.2) is 21.8 Å². The maximum atomic E-state index is 13.5. The van der Waals surface area contributed by atoms with Crippen LogP contribution < -0.4 is 25.7 Å². The van der Waals surface area contributed by atoms with E-state index in [1.807, 2.05) is 33.1 Å². The molecule has 1 unspecified atom stereocenters. The molecule has 5 saturated carbocycles. The highest BCUT2D eigenvalue weighted by molar-refractivity contribution is 7.98. The van der Waals surface area contributed by atoms with Crippen molar-refractivity contribution in [3.63, 3.8) is 0 Å². The number of nitrogens with zero attached hydrogens (tertiary/aromatic N) is 2. The SMILES string of the molecule is CSc1cc(C)[nH]c(=O)c1CNC(=O)c1cc(Cl)c2c(c1C)OC(C)(C1CCC(NC3CN(CC4CCN(C(=O)CC56CC7CC(CC(C7)C5)C6)CC4)C3)CC1)O2. The zero-order valence-electron chi connectivity index (χ0n) is 34.4. The lowest BCUT2D eigenvalue weighted by Gasteiger charge is -2.57. The smallest absolute Gasteiger partial charge is 0.254 e. The molecule has 2 amide bonds. The number of carbonyl (C=O) groups excluding carboxylic acids is 2. The number of thioether (sulfide) groups is 1. The van der Waals surface area contributed by atoms with Crippen LogP contribution in [-0.2, 0) is 11.3 Å². The number of halogens is 1. The molecule has 2 saturated heterocycles. The predicted octanol–water partition coefficient (Wildman–Crippen LogP) is 7.46. The van der Waals surface area contributed by atoms with E-state index >= 15 is 0 Å². The highest BCUT2D eigenvalue weighted by Gasteiger charge is 2.52. The Bertz CT molecular complexity index is 1900.